The highest BCUT2D eigenvalue weighted by Crippen LogP contribution is 2.45. The summed E-state index contributed by atoms with van der Waals surface area (Å²) in [7, 11) is 0. The molecule has 0 saturated heterocycles. The minimum absolute atomic E-state index is 0.0909. The lowest BCUT2D eigenvalue weighted by molar-refractivity contribution is 0.0530. The molecule has 0 spiro atoms. The van der Waals surface area contributed by atoms with Gasteiger partial charge in [-0.3, -0.25) is 14.5 Å². The first-order valence-corrected chi connectivity index (χ1v) is 12.4. The summed E-state index contributed by atoms with van der Waals surface area (Å²) in [5.74, 6) is -0.362. The summed E-state index contributed by atoms with van der Waals surface area (Å²) in [5, 5.41) is 8.50. The Morgan fingerprint density at radius 3 is 1.66 bits per heavy atom. The predicted molar refractivity (Wildman–Crippen MR) is 138 cm³/mol. The van der Waals surface area contributed by atoms with Gasteiger partial charge in [0.2, 0.25) is 0 Å². The van der Waals surface area contributed by atoms with E-state index in [1.54, 1.807) is 0 Å². The molecule has 0 N–H and O–H groups in total. The summed E-state index contributed by atoms with van der Waals surface area (Å²) in [4.78, 5) is 28.5. The lowest BCUT2D eigenvalue weighted by atomic mass is 9.84. The van der Waals surface area contributed by atoms with E-state index in [1.807, 2.05) is 26.0 Å². The van der Waals surface area contributed by atoms with Gasteiger partial charge in [0, 0.05) is 31.5 Å². The Hall–Kier alpha value is -2.50. The van der Waals surface area contributed by atoms with E-state index in [0.717, 1.165) is 59.5 Å². The maximum atomic E-state index is 13.5. The van der Waals surface area contributed by atoms with Gasteiger partial charge in [-0.15, -0.1) is 0 Å². The lowest BCUT2D eigenvalue weighted by Gasteiger charge is -2.33. The van der Waals surface area contributed by atoms with Crippen molar-refractivity contribution in [2.45, 2.75) is 32.7 Å². The van der Waals surface area contributed by atoms with E-state index in [2.05, 4.69) is 68.3 Å². The number of fused-ring (bicyclic) bond motifs is 2. The monoisotopic (exact) mass is 547 g/mol. The van der Waals surface area contributed by atoms with E-state index < -0.39 is 0 Å². The molecule has 0 atom stereocenters. The maximum absolute atomic E-state index is 13.5. The Bertz CT molecular complexity index is 1510. The van der Waals surface area contributed by atoms with Crippen LogP contribution in [-0.4, -0.2) is 22.8 Å². The van der Waals surface area contributed by atoms with Crippen LogP contribution in [0.4, 0.5) is 0 Å². The molecule has 1 heterocycles. The second kappa shape index (κ2) is 7.00. The highest BCUT2D eigenvalue weighted by Gasteiger charge is 2.37. The molecule has 32 heavy (non-hydrogen) atoms. The summed E-state index contributed by atoms with van der Waals surface area (Å²) in [5.41, 5.74) is 1.24. The van der Waals surface area contributed by atoms with Crippen LogP contribution >= 0.6 is 31.9 Å². The number of carbonyl (C=O) groups excluding carboxylic acids is 2. The van der Waals surface area contributed by atoms with Crippen molar-refractivity contribution in [3.05, 3.63) is 68.6 Å². The Kier molecular flexibility index (Phi) is 4.40. The Balaban J connectivity index is 1.82. The number of rotatable bonds is 3. The largest absolute Gasteiger partial charge is 0.271 e. The molecule has 0 unspecified atom stereocenters. The molecule has 5 heteroatoms. The number of carbonyl (C=O) groups is 2. The van der Waals surface area contributed by atoms with Gasteiger partial charge in [0.1, 0.15) is 0 Å². The van der Waals surface area contributed by atoms with Crippen LogP contribution in [0.25, 0.3) is 43.1 Å². The van der Waals surface area contributed by atoms with Crippen molar-refractivity contribution >= 4 is 86.8 Å². The van der Waals surface area contributed by atoms with Crippen molar-refractivity contribution in [1.82, 2.24) is 4.90 Å². The first kappa shape index (κ1) is 20.1. The molecule has 0 saturated carbocycles. The number of hydrogen-bond donors (Lipinski definition) is 0. The molecule has 2 amide bonds. The molecule has 1 aliphatic heterocycles. The topological polar surface area (TPSA) is 37.4 Å². The van der Waals surface area contributed by atoms with Crippen LogP contribution in [0.3, 0.4) is 0 Å². The average molecular weight is 549 g/mol. The van der Waals surface area contributed by atoms with E-state index in [0.29, 0.717) is 11.1 Å². The summed E-state index contributed by atoms with van der Waals surface area (Å²) in [6.45, 7) is 4.05. The van der Waals surface area contributed by atoms with E-state index in [4.69, 9.17) is 0 Å². The van der Waals surface area contributed by atoms with Crippen LogP contribution in [0.15, 0.2) is 57.5 Å². The zero-order valence-electron chi connectivity index (χ0n) is 17.6. The molecule has 5 aromatic rings. The van der Waals surface area contributed by atoms with Crippen molar-refractivity contribution in [3.8, 4) is 0 Å². The Labute approximate surface area is 202 Å². The standard InChI is InChI=1S/C27H19Br2NO2/c1-3-16(4-2)30-26(31)19-7-5-17-21-11-14(28)9-13-10-15(29)12-22(23(13)21)18-6-8-20(27(30)32)25(19)24(17)18/h5-12,16H,3-4H2,1-2H3. The molecule has 3 nitrogen and oxygen atoms in total. The van der Waals surface area contributed by atoms with Crippen LogP contribution in [0, 0.1) is 0 Å². The molecule has 0 aliphatic carbocycles. The van der Waals surface area contributed by atoms with Crippen molar-refractivity contribution in [3.63, 3.8) is 0 Å². The first-order valence-electron chi connectivity index (χ1n) is 10.9. The number of halogens is 2. The summed E-state index contributed by atoms with van der Waals surface area (Å²) >= 11 is 7.34. The van der Waals surface area contributed by atoms with E-state index in [-0.39, 0.29) is 17.9 Å². The molecule has 5 aromatic carbocycles. The third-order valence-corrected chi connectivity index (χ3v) is 7.84. The minimum atomic E-state index is -0.181. The number of amides is 2. The Morgan fingerprint density at radius 2 is 1.19 bits per heavy atom. The van der Waals surface area contributed by atoms with Crippen molar-refractivity contribution < 1.29 is 9.59 Å². The third kappa shape index (κ3) is 2.52. The van der Waals surface area contributed by atoms with Gasteiger partial charge in [-0.05, 0) is 86.9 Å². The lowest BCUT2D eigenvalue weighted by Crippen LogP contribution is -2.46. The molecule has 0 aromatic heterocycles. The second-order valence-corrected chi connectivity index (χ2v) is 10.4. The smallest absolute Gasteiger partial charge is 0.261 e. The van der Waals surface area contributed by atoms with Crippen molar-refractivity contribution in [1.29, 1.82) is 0 Å². The second-order valence-electron chi connectivity index (χ2n) is 8.53. The molecule has 6 rings (SSSR count). The number of hydrogen-bond acceptors (Lipinski definition) is 2. The van der Waals surface area contributed by atoms with Gasteiger partial charge in [-0.1, -0.05) is 57.8 Å². The fraction of sp³-hybridized carbons (Fsp3) is 0.185. The van der Waals surface area contributed by atoms with Gasteiger partial charge >= 0.3 is 0 Å². The van der Waals surface area contributed by atoms with Crippen molar-refractivity contribution in [2.24, 2.45) is 0 Å². The average Bonchev–Trinajstić information content (AvgIpc) is 2.77. The van der Waals surface area contributed by atoms with Crippen LogP contribution in [-0.2, 0) is 0 Å². The predicted octanol–water partition coefficient (Wildman–Crippen LogP) is 8.05. The third-order valence-electron chi connectivity index (χ3n) is 6.93. The minimum Gasteiger partial charge on any atom is -0.271 e. The SMILES string of the molecule is CCC(CC)N1C(=O)c2ccc3c4cc(Br)cc5cc(Br)cc(c6ccc(c2c36)C1=O)c54. The molecular formula is C27H19Br2NO2. The molecule has 0 fully saturated rings. The summed E-state index contributed by atoms with van der Waals surface area (Å²) < 4.78 is 2.00. The Morgan fingerprint density at radius 1 is 0.688 bits per heavy atom. The van der Waals surface area contributed by atoms with Crippen LogP contribution in [0.1, 0.15) is 47.4 Å². The number of benzene rings is 5. The maximum Gasteiger partial charge on any atom is 0.261 e. The highest BCUT2D eigenvalue weighted by atomic mass is 79.9. The van der Waals surface area contributed by atoms with E-state index in [9.17, 15) is 9.59 Å². The van der Waals surface area contributed by atoms with Gasteiger partial charge in [0.25, 0.3) is 11.8 Å². The molecule has 1 aliphatic rings. The van der Waals surface area contributed by atoms with Gasteiger partial charge < -0.3 is 0 Å². The quantitative estimate of drug-likeness (QED) is 0.130. The molecule has 0 bridgehead atoms. The normalized spacial score (nSPS) is 14.2. The fourth-order valence-electron chi connectivity index (χ4n) is 5.51. The summed E-state index contributed by atoms with van der Waals surface area (Å²) in [6, 6.07) is 16.4. The van der Waals surface area contributed by atoms with E-state index in [1.165, 1.54) is 10.3 Å². The molecule has 0 radical (unpaired) electrons. The molecular weight excluding hydrogens is 530 g/mol. The van der Waals surface area contributed by atoms with E-state index >= 15 is 0 Å². The van der Waals surface area contributed by atoms with Crippen LogP contribution in [0.5, 0.6) is 0 Å². The van der Waals surface area contributed by atoms with Gasteiger partial charge in [0.05, 0.1) is 0 Å². The summed E-state index contributed by atoms with van der Waals surface area (Å²) in [6.07, 6.45) is 1.50. The number of imide groups is 1. The highest BCUT2D eigenvalue weighted by molar-refractivity contribution is 9.10. The van der Waals surface area contributed by atoms with Crippen molar-refractivity contribution in [2.75, 3.05) is 0 Å². The van der Waals surface area contributed by atoms with Gasteiger partial charge in [-0.25, -0.2) is 0 Å². The zero-order valence-corrected chi connectivity index (χ0v) is 20.8. The zero-order chi connectivity index (χ0) is 22.3. The van der Waals surface area contributed by atoms with Crippen LogP contribution < -0.4 is 0 Å². The molecule has 158 valence electrons. The van der Waals surface area contributed by atoms with Gasteiger partial charge in [-0.2, -0.15) is 0 Å². The van der Waals surface area contributed by atoms with Gasteiger partial charge in [0.15, 0.2) is 0 Å². The number of nitrogens with zero attached hydrogens (tertiary/aromatic N) is 1. The fourth-order valence-corrected chi connectivity index (χ4v) is 6.46. The first-order chi connectivity index (χ1) is 15.4. The van der Waals surface area contributed by atoms with Crippen LogP contribution in [0.2, 0.25) is 0 Å².